The lowest BCUT2D eigenvalue weighted by atomic mass is 10.1. The maximum atomic E-state index is 13.3. The van der Waals surface area contributed by atoms with Crippen molar-refractivity contribution in [3.63, 3.8) is 0 Å². The van der Waals surface area contributed by atoms with Gasteiger partial charge in [0.05, 0.1) is 19.1 Å². The van der Waals surface area contributed by atoms with E-state index in [9.17, 15) is 31.5 Å². The molecule has 11 heteroatoms. The number of hydrogen-bond acceptors (Lipinski definition) is 5. The lowest BCUT2D eigenvalue weighted by Crippen LogP contribution is -2.47. The van der Waals surface area contributed by atoms with E-state index in [0.29, 0.717) is 0 Å². The van der Waals surface area contributed by atoms with Crippen LogP contribution in [-0.4, -0.2) is 25.1 Å². The number of fused-ring (bicyclic) bond motifs is 2. The normalized spacial score (nSPS) is 12.5. The van der Waals surface area contributed by atoms with Gasteiger partial charge in [-0.05, 0) is 12.1 Å². The Hall–Kier alpha value is -3.11. The van der Waals surface area contributed by atoms with Gasteiger partial charge in [0, 0.05) is 16.8 Å². The Morgan fingerprint density at radius 1 is 1.08 bits per heavy atom. The largest absolute Gasteiger partial charge is 0.490 e. The summed E-state index contributed by atoms with van der Waals surface area (Å²) in [6.45, 7) is 0. The van der Waals surface area contributed by atoms with Crippen molar-refractivity contribution in [1.29, 1.82) is 0 Å². The number of amides is 1. The molecule has 0 saturated heterocycles. The number of halogens is 5. The van der Waals surface area contributed by atoms with E-state index in [1.165, 1.54) is 13.2 Å². The van der Waals surface area contributed by atoms with Gasteiger partial charge >= 0.3 is 23.6 Å². The molecule has 0 spiro atoms. The highest BCUT2D eigenvalue weighted by Gasteiger charge is 2.63. The van der Waals surface area contributed by atoms with Crippen LogP contribution in [-0.2, 0) is 4.79 Å². The molecule has 26 heavy (non-hydrogen) atoms. The third kappa shape index (κ3) is 2.55. The summed E-state index contributed by atoms with van der Waals surface area (Å²) in [5.74, 6) is -8.31. The van der Waals surface area contributed by atoms with Crippen LogP contribution >= 0.6 is 0 Å². The Balaban J connectivity index is 2.27. The fourth-order valence-electron chi connectivity index (χ4n) is 2.35. The first kappa shape index (κ1) is 17.7. The average molecular weight is 377 g/mol. The van der Waals surface area contributed by atoms with Crippen LogP contribution in [0, 0.1) is 0 Å². The Morgan fingerprint density at radius 3 is 2.35 bits per heavy atom. The third-order valence-electron chi connectivity index (χ3n) is 3.53. The number of nitrogens with one attached hydrogen (secondary N) is 1. The summed E-state index contributed by atoms with van der Waals surface area (Å²) in [6, 6.07) is 3.23. The molecule has 0 unspecified atom stereocenters. The minimum atomic E-state index is -6.08. The molecule has 1 N–H and O–H groups in total. The molecule has 1 amide bonds. The second kappa shape index (κ2) is 5.71. The van der Waals surface area contributed by atoms with E-state index in [1.807, 2.05) is 0 Å². The molecule has 0 aliphatic rings. The third-order valence-corrected chi connectivity index (χ3v) is 3.53. The first-order valence-corrected chi connectivity index (χ1v) is 6.85. The van der Waals surface area contributed by atoms with Crippen LogP contribution < -0.4 is 15.7 Å². The molecule has 0 atom stereocenters. The Kier molecular flexibility index (Phi) is 3.89. The van der Waals surface area contributed by atoms with Crippen molar-refractivity contribution in [2.75, 3.05) is 12.4 Å². The number of carbonyl (C=O) groups is 1. The summed E-state index contributed by atoms with van der Waals surface area (Å²) >= 11 is 0. The number of carbonyl (C=O) groups excluding carboxylic acids is 1. The number of hydrogen-bond donors (Lipinski definition) is 1. The van der Waals surface area contributed by atoms with Crippen molar-refractivity contribution in [3.05, 3.63) is 34.9 Å². The molecule has 1 aromatic carbocycles. The summed E-state index contributed by atoms with van der Waals surface area (Å²) in [6.07, 6.45) is -4.98. The quantitative estimate of drug-likeness (QED) is 0.556. The molecule has 2 aromatic heterocycles. The number of anilines is 1. The summed E-state index contributed by atoms with van der Waals surface area (Å²) in [5.41, 5.74) is -1.67. The molecule has 6 nitrogen and oxygen atoms in total. The summed E-state index contributed by atoms with van der Waals surface area (Å²) in [5, 5.41) is 1.40. The molecule has 0 radical (unpaired) electrons. The van der Waals surface area contributed by atoms with Crippen LogP contribution in [0.4, 0.5) is 27.6 Å². The maximum absolute atomic E-state index is 13.3. The topological polar surface area (TPSA) is 81.7 Å². The second-order valence-corrected chi connectivity index (χ2v) is 5.10. The lowest BCUT2D eigenvalue weighted by molar-refractivity contribution is -0.267. The maximum Gasteiger partial charge on any atom is 0.463 e. The molecule has 0 aliphatic heterocycles. The zero-order chi connectivity index (χ0) is 19.3. The van der Waals surface area contributed by atoms with Crippen molar-refractivity contribution < 1.29 is 40.3 Å². The minimum absolute atomic E-state index is 0.0190. The molecule has 3 aromatic rings. The van der Waals surface area contributed by atoms with Crippen molar-refractivity contribution in [2.24, 2.45) is 0 Å². The number of rotatable bonds is 3. The molecule has 3 rings (SSSR count). The van der Waals surface area contributed by atoms with E-state index < -0.39 is 29.3 Å². The van der Waals surface area contributed by atoms with Gasteiger partial charge in [-0.25, -0.2) is 4.79 Å². The second-order valence-electron chi connectivity index (χ2n) is 5.10. The van der Waals surface area contributed by atoms with Gasteiger partial charge in [0.1, 0.15) is 0 Å². The first-order chi connectivity index (χ1) is 12.1. The van der Waals surface area contributed by atoms with Crippen molar-refractivity contribution in [1.82, 2.24) is 0 Å². The molecule has 138 valence electrons. The predicted molar refractivity (Wildman–Crippen MR) is 78.4 cm³/mol. The van der Waals surface area contributed by atoms with Crippen LogP contribution in [0.15, 0.2) is 38.1 Å². The van der Waals surface area contributed by atoms with Gasteiger partial charge in [-0.3, -0.25) is 4.79 Å². The van der Waals surface area contributed by atoms with E-state index in [0.717, 1.165) is 18.4 Å². The van der Waals surface area contributed by atoms with Crippen molar-refractivity contribution in [2.45, 2.75) is 12.1 Å². The number of methoxy groups -OCH3 is 1. The fourth-order valence-corrected chi connectivity index (χ4v) is 2.35. The highest BCUT2D eigenvalue weighted by molar-refractivity contribution is 6.16. The first-order valence-electron chi connectivity index (χ1n) is 6.85. The van der Waals surface area contributed by atoms with Gasteiger partial charge in [0.2, 0.25) is 5.75 Å². The van der Waals surface area contributed by atoms with E-state index in [4.69, 9.17) is 13.6 Å². The van der Waals surface area contributed by atoms with Gasteiger partial charge in [0.25, 0.3) is 0 Å². The molecular formula is C15H8F5NO5. The molecule has 0 fully saturated rings. The van der Waals surface area contributed by atoms with E-state index in [2.05, 4.69) is 0 Å². The van der Waals surface area contributed by atoms with E-state index in [1.54, 1.807) is 5.32 Å². The Labute approximate surface area is 140 Å². The van der Waals surface area contributed by atoms with Gasteiger partial charge in [-0.1, -0.05) is 0 Å². The monoisotopic (exact) mass is 377 g/mol. The summed E-state index contributed by atoms with van der Waals surface area (Å²) < 4.78 is 78.9. The summed E-state index contributed by atoms with van der Waals surface area (Å²) in [7, 11) is 1.21. The molecule has 0 saturated carbocycles. The smallest absolute Gasteiger partial charge is 0.463 e. The number of alkyl halides is 5. The van der Waals surface area contributed by atoms with Crippen LogP contribution in [0.5, 0.6) is 5.75 Å². The van der Waals surface area contributed by atoms with Crippen LogP contribution in [0.1, 0.15) is 0 Å². The highest BCUT2D eigenvalue weighted by atomic mass is 19.4. The standard InChI is InChI=1S/C15H8F5NO5/c1-24-12-10-7(4-5-25-10)9(6-2-3-8(22)26-11(6)12)21-13(23)14(16,17)15(18,19)20/h2-5H,1H3,(H,21,23). The SMILES string of the molecule is COc1c2occc2c(NC(=O)C(F)(F)C(F)(F)F)c2ccc(=O)oc12. The number of benzene rings is 1. The Morgan fingerprint density at radius 2 is 1.73 bits per heavy atom. The van der Waals surface area contributed by atoms with E-state index >= 15 is 0 Å². The van der Waals surface area contributed by atoms with Crippen molar-refractivity contribution >= 4 is 33.5 Å². The van der Waals surface area contributed by atoms with Crippen LogP contribution in [0.25, 0.3) is 21.9 Å². The number of ether oxygens (including phenoxy) is 1. The number of furan rings is 1. The predicted octanol–water partition coefficient (Wildman–Crippen LogP) is 3.68. The Bertz CT molecular complexity index is 1070. The van der Waals surface area contributed by atoms with Gasteiger partial charge < -0.3 is 18.9 Å². The minimum Gasteiger partial charge on any atom is -0.490 e. The molecule has 0 aliphatic carbocycles. The molecule has 0 bridgehead atoms. The molecular weight excluding hydrogens is 369 g/mol. The van der Waals surface area contributed by atoms with Crippen molar-refractivity contribution in [3.8, 4) is 5.75 Å². The van der Waals surface area contributed by atoms with Crippen LogP contribution in [0.3, 0.4) is 0 Å². The average Bonchev–Trinajstić information content (AvgIpc) is 3.02. The van der Waals surface area contributed by atoms with Crippen LogP contribution in [0.2, 0.25) is 0 Å². The van der Waals surface area contributed by atoms with E-state index in [-0.39, 0.29) is 27.7 Å². The fraction of sp³-hybridized carbons (Fsp3) is 0.200. The highest BCUT2D eigenvalue weighted by Crippen LogP contribution is 2.43. The zero-order valence-electron chi connectivity index (χ0n) is 12.7. The van der Waals surface area contributed by atoms with Gasteiger partial charge in [0.15, 0.2) is 11.2 Å². The van der Waals surface area contributed by atoms with Gasteiger partial charge in [-0.15, -0.1) is 0 Å². The van der Waals surface area contributed by atoms with Gasteiger partial charge in [-0.2, -0.15) is 22.0 Å². The lowest BCUT2D eigenvalue weighted by Gasteiger charge is -2.19. The summed E-state index contributed by atoms with van der Waals surface area (Å²) in [4.78, 5) is 23.0. The molecule has 2 heterocycles. The zero-order valence-corrected chi connectivity index (χ0v) is 12.7.